The average molecular weight is 238 g/mol. The van der Waals surface area contributed by atoms with Crippen molar-refractivity contribution in [3.8, 4) is 0 Å². The third-order valence-electron chi connectivity index (χ3n) is 3.96. The smallest absolute Gasteiger partial charge is 0.224 e. The fourth-order valence-corrected chi connectivity index (χ4v) is 2.80. The fourth-order valence-electron chi connectivity index (χ4n) is 2.80. The predicted octanol–water partition coefficient (Wildman–Crippen LogP) is 1.21. The van der Waals surface area contributed by atoms with E-state index in [0.717, 1.165) is 18.9 Å². The molecule has 0 aromatic heterocycles. The molecule has 17 heavy (non-hydrogen) atoms. The van der Waals surface area contributed by atoms with Crippen molar-refractivity contribution in [2.45, 2.75) is 44.9 Å². The van der Waals surface area contributed by atoms with Gasteiger partial charge in [-0.3, -0.25) is 9.59 Å². The van der Waals surface area contributed by atoms with Crippen molar-refractivity contribution >= 4 is 11.8 Å². The molecule has 4 nitrogen and oxygen atoms in total. The Labute approximate surface area is 103 Å². The zero-order valence-corrected chi connectivity index (χ0v) is 10.3. The maximum absolute atomic E-state index is 11.8. The van der Waals surface area contributed by atoms with Gasteiger partial charge in [-0.1, -0.05) is 25.7 Å². The van der Waals surface area contributed by atoms with Crippen LogP contribution in [0.2, 0.25) is 0 Å². The van der Waals surface area contributed by atoms with E-state index in [2.05, 4.69) is 10.6 Å². The number of carbonyl (C=O) groups excluding carboxylic acids is 2. The first-order chi connectivity index (χ1) is 8.25. The van der Waals surface area contributed by atoms with Crippen LogP contribution in [0.5, 0.6) is 0 Å². The van der Waals surface area contributed by atoms with E-state index in [0.29, 0.717) is 19.4 Å². The molecular weight excluding hydrogens is 216 g/mol. The molecule has 1 heterocycles. The second kappa shape index (κ2) is 6.03. The fraction of sp³-hybridized carbons (Fsp3) is 0.846. The van der Waals surface area contributed by atoms with Crippen LogP contribution < -0.4 is 10.6 Å². The molecule has 0 radical (unpaired) electrons. The summed E-state index contributed by atoms with van der Waals surface area (Å²) in [6.07, 6.45) is 7.66. The lowest BCUT2D eigenvalue weighted by Crippen LogP contribution is -2.43. The molecule has 2 amide bonds. The lowest BCUT2D eigenvalue weighted by atomic mass is 9.98. The van der Waals surface area contributed by atoms with Gasteiger partial charge in [-0.25, -0.2) is 0 Å². The van der Waals surface area contributed by atoms with E-state index in [1.165, 1.54) is 25.7 Å². The Balaban J connectivity index is 1.61. The standard InChI is InChI=1S/C13H22N2O2/c16-12-6-5-11(9-15-12)13(17)14-8-7-10-3-1-2-4-10/h10-11H,1-9H2,(H,14,17)(H,15,16). The van der Waals surface area contributed by atoms with E-state index in [1.807, 2.05) is 0 Å². The Hall–Kier alpha value is -1.06. The number of hydrogen-bond donors (Lipinski definition) is 2. The highest BCUT2D eigenvalue weighted by atomic mass is 16.2. The van der Waals surface area contributed by atoms with Crippen molar-refractivity contribution in [3.05, 3.63) is 0 Å². The number of amides is 2. The van der Waals surface area contributed by atoms with Crippen molar-refractivity contribution in [2.24, 2.45) is 11.8 Å². The van der Waals surface area contributed by atoms with Gasteiger partial charge in [0, 0.05) is 19.5 Å². The molecule has 2 rings (SSSR count). The van der Waals surface area contributed by atoms with Gasteiger partial charge in [0.15, 0.2) is 0 Å². The van der Waals surface area contributed by atoms with Crippen molar-refractivity contribution < 1.29 is 9.59 Å². The molecule has 1 aliphatic carbocycles. The minimum absolute atomic E-state index is 0.0173. The van der Waals surface area contributed by atoms with Crippen LogP contribution in [0.1, 0.15) is 44.9 Å². The highest BCUT2D eigenvalue weighted by Crippen LogP contribution is 2.26. The maximum atomic E-state index is 11.8. The molecular formula is C13H22N2O2. The van der Waals surface area contributed by atoms with Crippen LogP contribution in [0.15, 0.2) is 0 Å². The van der Waals surface area contributed by atoms with Crippen molar-refractivity contribution in [1.29, 1.82) is 0 Å². The summed E-state index contributed by atoms with van der Waals surface area (Å²) >= 11 is 0. The molecule has 2 aliphatic rings. The normalized spacial score (nSPS) is 25.6. The third-order valence-corrected chi connectivity index (χ3v) is 3.96. The van der Waals surface area contributed by atoms with Gasteiger partial charge in [0.25, 0.3) is 0 Å². The highest BCUT2D eigenvalue weighted by molar-refractivity contribution is 5.83. The van der Waals surface area contributed by atoms with Crippen LogP contribution in [-0.2, 0) is 9.59 Å². The van der Waals surface area contributed by atoms with Gasteiger partial charge in [0.2, 0.25) is 11.8 Å². The molecule has 0 aromatic rings. The summed E-state index contributed by atoms with van der Waals surface area (Å²) in [6, 6.07) is 0. The van der Waals surface area contributed by atoms with E-state index in [9.17, 15) is 9.59 Å². The van der Waals surface area contributed by atoms with E-state index in [4.69, 9.17) is 0 Å². The number of rotatable bonds is 4. The summed E-state index contributed by atoms with van der Waals surface area (Å²) in [4.78, 5) is 22.8. The third kappa shape index (κ3) is 3.72. The molecule has 0 aromatic carbocycles. The molecule has 1 aliphatic heterocycles. The number of nitrogens with one attached hydrogen (secondary N) is 2. The van der Waals surface area contributed by atoms with Gasteiger partial charge in [-0.05, 0) is 18.8 Å². The van der Waals surface area contributed by atoms with Gasteiger partial charge in [-0.2, -0.15) is 0 Å². The van der Waals surface area contributed by atoms with Crippen LogP contribution in [0.4, 0.5) is 0 Å². The molecule has 1 saturated heterocycles. The largest absolute Gasteiger partial charge is 0.356 e. The summed E-state index contributed by atoms with van der Waals surface area (Å²) in [6.45, 7) is 1.31. The summed E-state index contributed by atoms with van der Waals surface area (Å²) in [5.41, 5.74) is 0. The zero-order valence-electron chi connectivity index (χ0n) is 10.3. The quantitative estimate of drug-likeness (QED) is 0.773. The topological polar surface area (TPSA) is 58.2 Å². The van der Waals surface area contributed by atoms with Crippen molar-refractivity contribution in [3.63, 3.8) is 0 Å². The number of carbonyl (C=O) groups is 2. The Kier molecular flexibility index (Phi) is 4.40. The number of hydrogen-bond acceptors (Lipinski definition) is 2. The minimum atomic E-state index is -0.0173. The summed E-state index contributed by atoms with van der Waals surface area (Å²) < 4.78 is 0. The molecule has 1 saturated carbocycles. The molecule has 4 heteroatoms. The van der Waals surface area contributed by atoms with Crippen LogP contribution >= 0.6 is 0 Å². The van der Waals surface area contributed by atoms with Crippen LogP contribution in [0, 0.1) is 11.8 Å². The first-order valence-electron chi connectivity index (χ1n) is 6.80. The van der Waals surface area contributed by atoms with Gasteiger partial charge in [0.05, 0.1) is 5.92 Å². The van der Waals surface area contributed by atoms with Gasteiger partial charge < -0.3 is 10.6 Å². The summed E-state index contributed by atoms with van der Waals surface area (Å²) in [5, 5.41) is 5.75. The monoisotopic (exact) mass is 238 g/mol. The second-order valence-electron chi connectivity index (χ2n) is 5.27. The maximum Gasteiger partial charge on any atom is 0.224 e. The Morgan fingerprint density at radius 1 is 1.29 bits per heavy atom. The Morgan fingerprint density at radius 3 is 2.71 bits per heavy atom. The minimum Gasteiger partial charge on any atom is -0.356 e. The molecule has 1 unspecified atom stereocenters. The molecule has 0 bridgehead atoms. The van der Waals surface area contributed by atoms with Gasteiger partial charge in [-0.15, -0.1) is 0 Å². The first kappa shape index (κ1) is 12.4. The van der Waals surface area contributed by atoms with E-state index >= 15 is 0 Å². The van der Waals surface area contributed by atoms with Gasteiger partial charge in [0.1, 0.15) is 0 Å². The van der Waals surface area contributed by atoms with Crippen LogP contribution in [-0.4, -0.2) is 24.9 Å². The Bertz CT molecular complexity index is 275. The molecule has 2 fully saturated rings. The van der Waals surface area contributed by atoms with E-state index in [1.54, 1.807) is 0 Å². The lowest BCUT2D eigenvalue weighted by molar-refractivity contribution is -0.128. The Morgan fingerprint density at radius 2 is 2.06 bits per heavy atom. The van der Waals surface area contributed by atoms with Crippen LogP contribution in [0.3, 0.4) is 0 Å². The van der Waals surface area contributed by atoms with E-state index < -0.39 is 0 Å². The molecule has 1 atom stereocenters. The molecule has 0 spiro atoms. The SMILES string of the molecule is O=C1CCC(C(=O)NCCC2CCCC2)CN1. The van der Waals surface area contributed by atoms with Gasteiger partial charge >= 0.3 is 0 Å². The highest BCUT2D eigenvalue weighted by Gasteiger charge is 2.24. The molecule has 2 N–H and O–H groups in total. The van der Waals surface area contributed by atoms with Crippen molar-refractivity contribution in [1.82, 2.24) is 10.6 Å². The zero-order chi connectivity index (χ0) is 12.1. The average Bonchev–Trinajstić information content (AvgIpc) is 2.83. The predicted molar refractivity (Wildman–Crippen MR) is 65.3 cm³/mol. The summed E-state index contributed by atoms with van der Waals surface area (Å²) in [7, 11) is 0. The lowest BCUT2D eigenvalue weighted by Gasteiger charge is -2.21. The van der Waals surface area contributed by atoms with Crippen LogP contribution in [0.25, 0.3) is 0 Å². The second-order valence-corrected chi connectivity index (χ2v) is 5.27. The first-order valence-corrected chi connectivity index (χ1v) is 6.80. The summed E-state index contributed by atoms with van der Waals surface area (Å²) in [5.74, 6) is 0.987. The molecule has 96 valence electrons. The van der Waals surface area contributed by atoms with E-state index in [-0.39, 0.29) is 17.7 Å². The van der Waals surface area contributed by atoms with Crippen molar-refractivity contribution in [2.75, 3.05) is 13.1 Å². The number of piperidine rings is 1.